The summed E-state index contributed by atoms with van der Waals surface area (Å²) in [6.45, 7) is 12.3. The molecule has 11 nitrogen and oxygen atoms in total. The lowest BCUT2D eigenvalue weighted by molar-refractivity contribution is -0.148. The Morgan fingerprint density at radius 3 is 2.45 bits per heavy atom. The summed E-state index contributed by atoms with van der Waals surface area (Å²) in [6.07, 6.45) is 7.36. The number of pyridine rings is 1. The zero-order chi connectivity index (χ0) is 41.2. The third kappa shape index (κ3) is 11.1. The Bertz CT molecular complexity index is 2060. The van der Waals surface area contributed by atoms with Crippen LogP contribution in [0.1, 0.15) is 78.8 Å². The number of β-amino-alcohol motifs (C(OH)–C–C–N with tert-alkyl or cyclic N) is 1. The second-order valence-electron chi connectivity index (χ2n) is 15.6. The Kier molecular flexibility index (Phi) is 14.7. The highest BCUT2D eigenvalue weighted by Crippen LogP contribution is 2.37. The molecule has 4 aromatic rings. The maximum atomic E-state index is 12.1. The number of aliphatic hydroxyl groups is 1. The second kappa shape index (κ2) is 19.8. The van der Waals surface area contributed by atoms with E-state index in [9.17, 15) is 19.8 Å². The van der Waals surface area contributed by atoms with Crippen molar-refractivity contribution in [2.75, 3.05) is 39.4 Å². The molecule has 58 heavy (non-hydrogen) atoms. The van der Waals surface area contributed by atoms with Crippen LogP contribution in [0.3, 0.4) is 0 Å². The zero-order valence-electron chi connectivity index (χ0n) is 34.1. The van der Waals surface area contributed by atoms with Gasteiger partial charge in [-0.15, -0.1) is 0 Å². The summed E-state index contributed by atoms with van der Waals surface area (Å²) in [6, 6.07) is 17.4. The van der Waals surface area contributed by atoms with Crippen LogP contribution >= 0.6 is 11.6 Å². The van der Waals surface area contributed by atoms with E-state index in [1.165, 1.54) is 0 Å². The van der Waals surface area contributed by atoms with Crippen molar-refractivity contribution in [3.63, 3.8) is 0 Å². The van der Waals surface area contributed by atoms with Crippen molar-refractivity contribution >= 4 is 23.5 Å². The summed E-state index contributed by atoms with van der Waals surface area (Å²) in [7, 11) is 0. The van der Waals surface area contributed by atoms with Gasteiger partial charge < -0.3 is 34.1 Å². The van der Waals surface area contributed by atoms with Crippen molar-refractivity contribution in [2.45, 2.75) is 97.6 Å². The Morgan fingerprint density at radius 2 is 1.67 bits per heavy atom. The van der Waals surface area contributed by atoms with Gasteiger partial charge in [0.15, 0.2) is 0 Å². The first-order valence-electron chi connectivity index (χ1n) is 20.3. The summed E-state index contributed by atoms with van der Waals surface area (Å²) in [4.78, 5) is 32.5. The van der Waals surface area contributed by atoms with Gasteiger partial charge in [0.25, 0.3) is 0 Å². The van der Waals surface area contributed by atoms with Gasteiger partial charge in [-0.2, -0.15) is 0 Å². The molecule has 2 aliphatic heterocycles. The fourth-order valence-electron chi connectivity index (χ4n) is 8.06. The molecule has 6 rings (SSSR count). The van der Waals surface area contributed by atoms with Crippen LogP contribution in [0.5, 0.6) is 17.2 Å². The van der Waals surface area contributed by atoms with Crippen LogP contribution in [0.2, 0.25) is 5.02 Å². The van der Waals surface area contributed by atoms with Gasteiger partial charge in [-0.3, -0.25) is 19.5 Å². The van der Waals surface area contributed by atoms with Gasteiger partial charge in [0.1, 0.15) is 36.5 Å². The van der Waals surface area contributed by atoms with E-state index < -0.39 is 17.6 Å². The molecule has 2 fully saturated rings. The molecule has 1 unspecified atom stereocenters. The lowest BCUT2D eigenvalue weighted by Gasteiger charge is -2.33. The molecule has 3 heterocycles. The van der Waals surface area contributed by atoms with Crippen molar-refractivity contribution < 1.29 is 38.7 Å². The molecular weight excluding hydrogens is 758 g/mol. The molecule has 0 aliphatic carbocycles. The van der Waals surface area contributed by atoms with Crippen molar-refractivity contribution in [2.24, 2.45) is 0 Å². The molecule has 310 valence electrons. The van der Waals surface area contributed by atoms with Gasteiger partial charge in [0, 0.05) is 55.8 Å². The van der Waals surface area contributed by atoms with Crippen LogP contribution in [0, 0.1) is 20.8 Å². The molecule has 0 saturated carbocycles. The lowest BCUT2D eigenvalue weighted by atomic mass is 9.93. The summed E-state index contributed by atoms with van der Waals surface area (Å²) in [5.41, 5.74) is 6.99. The molecule has 2 saturated heterocycles. The predicted molar refractivity (Wildman–Crippen MR) is 223 cm³/mol. The van der Waals surface area contributed by atoms with Crippen LogP contribution < -0.4 is 14.2 Å². The highest BCUT2D eigenvalue weighted by atomic mass is 35.5. The van der Waals surface area contributed by atoms with Crippen LogP contribution in [0.4, 0.5) is 0 Å². The number of ether oxygens (including phenoxy) is 4. The number of carboxylic acids is 1. The first-order chi connectivity index (χ1) is 27.9. The third-order valence-corrected chi connectivity index (χ3v) is 11.5. The first-order valence-corrected chi connectivity index (χ1v) is 20.7. The number of esters is 1. The second-order valence-corrected chi connectivity index (χ2v) is 16.0. The molecule has 2 atom stereocenters. The number of benzene rings is 3. The van der Waals surface area contributed by atoms with Crippen LogP contribution in [0.15, 0.2) is 67.0 Å². The minimum Gasteiger partial charge on any atom is -0.493 e. The van der Waals surface area contributed by atoms with Gasteiger partial charge in [-0.1, -0.05) is 48.4 Å². The predicted octanol–water partition coefficient (Wildman–Crippen LogP) is 8.08. The van der Waals surface area contributed by atoms with Gasteiger partial charge in [0.05, 0.1) is 30.3 Å². The van der Waals surface area contributed by atoms with Crippen molar-refractivity contribution in [1.29, 1.82) is 0 Å². The molecule has 2 aliphatic rings. The molecule has 3 aromatic carbocycles. The largest absolute Gasteiger partial charge is 0.493 e. The van der Waals surface area contributed by atoms with Gasteiger partial charge in [-0.25, -0.2) is 0 Å². The number of carbonyl (C=O) groups excluding carboxylic acids is 1. The van der Waals surface area contributed by atoms with Crippen molar-refractivity contribution in [1.82, 2.24) is 14.8 Å². The normalized spacial score (nSPS) is 18.6. The molecule has 0 bridgehead atoms. The van der Waals surface area contributed by atoms with Crippen molar-refractivity contribution in [3.8, 4) is 28.4 Å². The van der Waals surface area contributed by atoms with E-state index in [1.54, 1.807) is 19.3 Å². The molecule has 0 amide bonds. The first kappa shape index (κ1) is 42.9. The number of carbonyl (C=O) groups is 2. The van der Waals surface area contributed by atoms with Gasteiger partial charge in [-0.05, 0) is 112 Å². The molecule has 0 spiro atoms. The molecule has 12 heteroatoms. The van der Waals surface area contributed by atoms with Crippen LogP contribution in [-0.2, 0) is 34.1 Å². The number of aliphatic carboxylic acids is 1. The SMILES string of the molecule is CCOC(=O)CC1(O)CCN(CCCOc2cccc(-c3cccc(COc4cc(OCc5cncc(C)c5)c(CN5CCCC[C@H]5C(=O)O)cc4Cl)c3C)c2C)C1. The number of nitrogens with zero attached hydrogens (tertiary/aromatic N) is 3. The number of hydrogen-bond acceptors (Lipinski definition) is 10. The third-order valence-electron chi connectivity index (χ3n) is 11.2. The van der Waals surface area contributed by atoms with Crippen LogP contribution in [-0.4, -0.2) is 88.0 Å². The Hall–Kier alpha value is -4.68. The van der Waals surface area contributed by atoms with Crippen LogP contribution in [0.25, 0.3) is 11.1 Å². The molecular formula is C46H56ClN3O8. The highest BCUT2D eigenvalue weighted by Gasteiger charge is 2.38. The Balaban J connectivity index is 1.12. The van der Waals surface area contributed by atoms with E-state index >= 15 is 0 Å². The Labute approximate surface area is 346 Å². The zero-order valence-corrected chi connectivity index (χ0v) is 34.9. The highest BCUT2D eigenvalue weighted by molar-refractivity contribution is 6.32. The monoisotopic (exact) mass is 813 g/mol. The minimum atomic E-state index is -1.04. The summed E-state index contributed by atoms with van der Waals surface area (Å²) < 4.78 is 24.1. The van der Waals surface area contributed by atoms with E-state index in [4.69, 9.17) is 30.5 Å². The number of hydrogen-bond donors (Lipinski definition) is 2. The van der Waals surface area contributed by atoms with E-state index in [2.05, 4.69) is 35.9 Å². The maximum absolute atomic E-state index is 12.1. The fourth-order valence-corrected chi connectivity index (χ4v) is 8.30. The standard InChI is InChI=1S/C46H56ClN3O8/c1-5-55-44(51)24-46(54)16-19-49(30-46)17-10-20-56-41-15-9-13-38(33(41)4)37-12-8-11-35(32(37)3)29-58-43-23-42(57-28-34-21-31(2)25-48-26-34)36(22-39(43)47)27-50-18-7-6-14-40(50)45(52)53/h8-9,11-13,15,21-23,25-26,40,54H,5-7,10,14,16-20,24,27-30H2,1-4H3,(H,52,53)/t40-,46?/m0/s1. The fraction of sp³-hybridized carbons (Fsp3) is 0.457. The topological polar surface area (TPSA) is 131 Å². The number of likely N-dealkylation sites (tertiary alicyclic amines) is 2. The molecule has 2 N–H and O–H groups in total. The lowest BCUT2D eigenvalue weighted by Crippen LogP contribution is -2.44. The smallest absolute Gasteiger partial charge is 0.320 e. The summed E-state index contributed by atoms with van der Waals surface area (Å²) in [5.74, 6) is 0.710. The molecule has 0 radical (unpaired) electrons. The van der Waals surface area contributed by atoms with Crippen molar-refractivity contribution in [3.05, 3.63) is 105 Å². The molecule has 1 aromatic heterocycles. The summed E-state index contributed by atoms with van der Waals surface area (Å²) in [5, 5.41) is 21.2. The average molecular weight is 814 g/mol. The number of aryl methyl sites for hydroxylation is 1. The number of aromatic nitrogens is 1. The number of piperidine rings is 1. The maximum Gasteiger partial charge on any atom is 0.320 e. The number of carboxylic acid groups (broad SMARTS) is 1. The average Bonchev–Trinajstić information content (AvgIpc) is 3.56. The van der Waals surface area contributed by atoms with E-state index in [1.807, 2.05) is 54.3 Å². The number of halogens is 1. The summed E-state index contributed by atoms with van der Waals surface area (Å²) >= 11 is 6.89. The minimum absolute atomic E-state index is 0.0212. The van der Waals surface area contributed by atoms with E-state index in [-0.39, 0.29) is 25.6 Å². The van der Waals surface area contributed by atoms with Gasteiger partial charge in [0.2, 0.25) is 0 Å². The van der Waals surface area contributed by atoms with E-state index in [0.29, 0.717) is 62.2 Å². The number of rotatable bonds is 18. The van der Waals surface area contributed by atoms with Gasteiger partial charge >= 0.3 is 11.9 Å². The quantitative estimate of drug-likeness (QED) is 0.0747. The Morgan fingerprint density at radius 1 is 0.897 bits per heavy atom. The van der Waals surface area contributed by atoms with E-state index in [0.717, 1.165) is 82.6 Å².